The predicted molar refractivity (Wildman–Crippen MR) is 138 cm³/mol. The second-order valence-corrected chi connectivity index (χ2v) is 10.5. The molecule has 190 valence electrons. The quantitative estimate of drug-likeness (QED) is 0.514. The molecule has 0 aromatic heterocycles. The molecule has 0 unspecified atom stereocenters. The van der Waals surface area contributed by atoms with Gasteiger partial charge in [0.15, 0.2) is 0 Å². The largest absolute Gasteiger partial charge is 0.342 e. The van der Waals surface area contributed by atoms with Gasteiger partial charge in [0.05, 0.1) is 0 Å². The van der Waals surface area contributed by atoms with Crippen molar-refractivity contribution in [3.05, 3.63) is 0 Å². The molecule has 6 nitrogen and oxygen atoms in total. The average molecular weight is 454 g/mol. The van der Waals surface area contributed by atoms with Gasteiger partial charge in [-0.25, -0.2) is 0 Å². The lowest BCUT2D eigenvalue weighted by Crippen LogP contribution is -2.50. The van der Waals surface area contributed by atoms with E-state index < -0.39 is 0 Å². The molecule has 0 bridgehead atoms. The van der Waals surface area contributed by atoms with E-state index in [-0.39, 0.29) is 5.92 Å². The molecule has 1 amide bonds. The number of amides is 1. The van der Waals surface area contributed by atoms with E-state index in [1.54, 1.807) is 0 Å². The summed E-state index contributed by atoms with van der Waals surface area (Å²) < 4.78 is 0. The second kappa shape index (κ2) is 15.3. The topological polar surface area (TPSA) is 73.6 Å². The Bertz CT molecular complexity index is 488. The Balaban J connectivity index is 0.000000307. The SMILES string of the molecule is CC.CNCC1CC2(CCN(C(=O)C(C)C)CC2)C1.CNCC1CCC(N(C)CN)CC1. The number of rotatable bonds is 7. The lowest BCUT2D eigenvalue weighted by atomic mass is 9.57. The highest BCUT2D eigenvalue weighted by atomic mass is 16.2. The molecule has 3 rings (SSSR count). The van der Waals surface area contributed by atoms with E-state index in [1.165, 1.54) is 57.9 Å². The van der Waals surface area contributed by atoms with Crippen molar-refractivity contribution in [3.8, 4) is 0 Å². The van der Waals surface area contributed by atoms with Crippen molar-refractivity contribution in [3.63, 3.8) is 0 Å². The van der Waals surface area contributed by atoms with Gasteiger partial charge in [-0.1, -0.05) is 27.7 Å². The fourth-order valence-electron chi connectivity index (χ4n) is 5.80. The number of hydrogen-bond donors (Lipinski definition) is 3. The highest BCUT2D eigenvalue weighted by Crippen LogP contribution is 2.52. The van der Waals surface area contributed by atoms with Crippen LogP contribution < -0.4 is 16.4 Å². The van der Waals surface area contributed by atoms with E-state index in [9.17, 15) is 4.79 Å². The van der Waals surface area contributed by atoms with Crippen LogP contribution in [0.25, 0.3) is 0 Å². The third-order valence-corrected chi connectivity index (χ3v) is 7.79. The van der Waals surface area contributed by atoms with Crippen LogP contribution >= 0.6 is 0 Å². The molecule has 32 heavy (non-hydrogen) atoms. The highest BCUT2D eigenvalue weighted by molar-refractivity contribution is 5.78. The lowest BCUT2D eigenvalue weighted by Gasteiger charge is -2.52. The minimum Gasteiger partial charge on any atom is -0.342 e. The molecule has 0 aromatic rings. The summed E-state index contributed by atoms with van der Waals surface area (Å²) in [6, 6.07) is 0.734. The first-order valence-electron chi connectivity index (χ1n) is 13.3. The summed E-state index contributed by atoms with van der Waals surface area (Å²) in [5.41, 5.74) is 6.20. The smallest absolute Gasteiger partial charge is 0.225 e. The monoisotopic (exact) mass is 453 g/mol. The van der Waals surface area contributed by atoms with Gasteiger partial charge < -0.3 is 21.3 Å². The highest BCUT2D eigenvalue weighted by Gasteiger charge is 2.45. The number of hydrogen-bond acceptors (Lipinski definition) is 5. The van der Waals surface area contributed by atoms with Crippen molar-refractivity contribution in [2.45, 2.75) is 85.1 Å². The van der Waals surface area contributed by atoms with Crippen molar-refractivity contribution in [1.29, 1.82) is 0 Å². The van der Waals surface area contributed by atoms with Gasteiger partial charge >= 0.3 is 0 Å². The van der Waals surface area contributed by atoms with Crippen LogP contribution in [0.15, 0.2) is 0 Å². The van der Waals surface area contributed by atoms with Crippen LogP contribution in [0.3, 0.4) is 0 Å². The first-order valence-corrected chi connectivity index (χ1v) is 13.3. The minimum atomic E-state index is 0.155. The molecule has 1 spiro atoms. The van der Waals surface area contributed by atoms with Crippen LogP contribution in [0.2, 0.25) is 0 Å². The summed E-state index contributed by atoms with van der Waals surface area (Å²) in [4.78, 5) is 16.2. The molecule has 3 aliphatic rings. The average Bonchev–Trinajstić information content (AvgIpc) is 2.80. The lowest BCUT2D eigenvalue weighted by molar-refractivity contribution is -0.138. The zero-order valence-electron chi connectivity index (χ0n) is 22.4. The van der Waals surface area contributed by atoms with Gasteiger partial charge in [0.25, 0.3) is 0 Å². The number of nitrogens with one attached hydrogen (secondary N) is 2. The van der Waals surface area contributed by atoms with E-state index in [2.05, 4.69) is 27.5 Å². The maximum Gasteiger partial charge on any atom is 0.225 e. The molecule has 0 aromatic carbocycles. The molecule has 3 fully saturated rings. The molecular weight excluding hydrogens is 398 g/mol. The van der Waals surface area contributed by atoms with Gasteiger partial charge in [-0.2, -0.15) is 0 Å². The molecule has 0 atom stereocenters. The van der Waals surface area contributed by atoms with E-state index in [1.807, 2.05) is 41.8 Å². The van der Waals surface area contributed by atoms with Crippen LogP contribution in [0, 0.1) is 23.2 Å². The number of nitrogens with two attached hydrogens (primary N) is 1. The van der Waals surface area contributed by atoms with Crippen LogP contribution in [-0.2, 0) is 4.79 Å². The standard InChI is InChI=1S/C14H26N2O.C10H23N3.C2H6/c1-11(2)13(17)16-6-4-14(5-7-16)8-12(9-14)10-15-3;1-12-7-9-3-5-10(6-4-9)13(2)8-11;1-2/h11-12,15H,4-10H2,1-3H3;9-10,12H,3-8,11H2,1-2H3;1-2H3. The maximum atomic E-state index is 11.9. The molecular formula is C26H55N5O. The Kier molecular flexibility index (Phi) is 14.0. The van der Waals surface area contributed by atoms with E-state index in [0.717, 1.165) is 37.5 Å². The number of likely N-dealkylation sites (tertiary alicyclic amines) is 1. The first-order chi connectivity index (χ1) is 15.3. The van der Waals surface area contributed by atoms with Gasteiger partial charge in [-0.05, 0) is 103 Å². The molecule has 4 N–H and O–H groups in total. The summed E-state index contributed by atoms with van der Waals surface area (Å²) in [7, 11) is 6.20. The maximum absolute atomic E-state index is 11.9. The molecule has 1 aliphatic heterocycles. The zero-order chi connectivity index (χ0) is 24.1. The number of nitrogens with zero attached hydrogens (tertiary/aromatic N) is 2. The molecule has 0 radical (unpaired) electrons. The third kappa shape index (κ3) is 8.92. The van der Waals surface area contributed by atoms with Crippen LogP contribution in [-0.4, -0.2) is 75.7 Å². The Morgan fingerprint density at radius 3 is 1.94 bits per heavy atom. The van der Waals surface area contributed by atoms with Gasteiger partial charge in [0, 0.05) is 31.7 Å². The van der Waals surface area contributed by atoms with E-state index >= 15 is 0 Å². The normalized spacial score (nSPS) is 25.0. The zero-order valence-corrected chi connectivity index (χ0v) is 22.4. The fraction of sp³-hybridized carbons (Fsp3) is 0.962. The van der Waals surface area contributed by atoms with Gasteiger partial charge in [-0.3, -0.25) is 9.69 Å². The number of carbonyl (C=O) groups is 1. The Morgan fingerprint density at radius 1 is 1.00 bits per heavy atom. The van der Waals surface area contributed by atoms with Gasteiger partial charge in [0.1, 0.15) is 0 Å². The van der Waals surface area contributed by atoms with Crippen molar-refractivity contribution >= 4 is 5.91 Å². The van der Waals surface area contributed by atoms with Crippen LogP contribution in [0.5, 0.6) is 0 Å². The molecule has 2 aliphatic carbocycles. The number of piperidine rings is 1. The van der Waals surface area contributed by atoms with Crippen molar-refractivity contribution < 1.29 is 4.79 Å². The molecule has 1 heterocycles. The minimum absolute atomic E-state index is 0.155. The van der Waals surface area contributed by atoms with Crippen molar-refractivity contribution in [2.24, 2.45) is 28.9 Å². The summed E-state index contributed by atoms with van der Waals surface area (Å²) in [5, 5.41) is 6.53. The molecule has 2 saturated carbocycles. The van der Waals surface area contributed by atoms with Gasteiger partial charge in [-0.15, -0.1) is 0 Å². The van der Waals surface area contributed by atoms with Crippen LogP contribution in [0.4, 0.5) is 0 Å². The predicted octanol–water partition coefficient (Wildman–Crippen LogP) is 3.52. The Morgan fingerprint density at radius 2 is 1.50 bits per heavy atom. The van der Waals surface area contributed by atoms with E-state index in [4.69, 9.17) is 5.73 Å². The summed E-state index contributed by atoms with van der Waals surface area (Å²) in [6.45, 7) is 13.0. The van der Waals surface area contributed by atoms with Crippen molar-refractivity contribution in [2.75, 3.05) is 54.0 Å². The first kappa shape index (κ1) is 29.3. The fourth-order valence-corrected chi connectivity index (χ4v) is 5.80. The third-order valence-electron chi connectivity index (χ3n) is 7.79. The second-order valence-electron chi connectivity index (χ2n) is 10.5. The van der Waals surface area contributed by atoms with Gasteiger partial charge in [0.2, 0.25) is 5.91 Å². The summed E-state index contributed by atoms with van der Waals surface area (Å²) in [6.07, 6.45) is 10.6. The number of carbonyl (C=O) groups excluding carboxylic acids is 1. The summed E-state index contributed by atoms with van der Waals surface area (Å²) in [5.74, 6) is 2.27. The molecule has 6 heteroatoms. The Labute approximate surface area is 199 Å². The molecule has 1 saturated heterocycles. The Hall–Kier alpha value is -0.690. The summed E-state index contributed by atoms with van der Waals surface area (Å²) >= 11 is 0. The van der Waals surface area contributed by atoms with E-state index in [0.29, 0.717) is 18.0 Å². The van der Waals surface area contributed by atoms with Crippen LogP contribution in [0.1, 0.15) is 79.1 Å². The van der Waals surface area contributed by atoms with Crippen molar-refractivity contribution in [1.82, 2.24) is 20.4 Å².